The number of benzene rings is 2. The standard InChI is InChI=1S/C17H15F3N2O4/c18-17(19,20)15-14(26-12-4-2-1-3-5-12)7-6-13(22(23)24)16(15)21-8-10-25-11-9-21/h1-7H,8-11H2. The van der Waals surface area contributed by atoms with Gasteiger partial charge in [-0.3, -0.25) is 10.1 Å². The summed E-state index contributed by atoms with van der Waals surface area (Å²) in [4.78, 5) is 11.9. The first-order chi connectivity index (χ1) is 12.4. The Morgan fingerprint density at radius 1 is 1.08 bits per heavy atom. The Bertz CT molecular complexity index is 791. The SMILES string of the molecule is O=[N+]([O-])c1ccc(Oc2ccccc2)c(C(F)(F)F)c1N1CCOCC1. The summed E-state index contributed by atoms with van der Waals surface area (Å²) in [7, 11) is 0. The molecule has 0 amide bonds. The van der Waals surface area contributed by atoms with Gasteiger partial charge in [-0.25, -0.2) is 0 Å². The summed E-state index contributed by atoms with van der Waals surface area (Å²) in [5.74, 6) is -0.268. The van der Waals surface area contributed by atoms with Crippen LogP contribution in [0.2, 0.25) is 0 Å². The highest BCUT2D eigenvalue weighted by atomic mass is 19.4. The zero-order chi connectivity index (χ0) is 18.7. The number of ether oxygens (including phenoxy) is 2. The van der Waals surface area contributed by atoms with Gasteiger partial charge in [0.25, 0.3) is 5.69 Å². The number of para-hydroxylation sites is 1. The smallest absolute Gasteiger partial charge is 0.422 e. The Labute approximate surface area is 146 Å². The zero-order valence-corrected chi connectivity index (χ0v) is 13.5. The van der Waals surface area contributed by atoms with Crippen molar-refractivity contribution in [1.82, 2.24) is 0 Å². The van der Waals surface area contributed by atoms with Gasteiger partial charge in [0.05, 0.1) is 18.1 Å². The van der Waals surface area contributed by atoms with Crippen LogP contribution in [0.1, 0.15) is 5.56 Å². The monoisotopic (exact) mass is 368 g/mol. The maximum atomic E-state index is 13.8. The lowest BCUT2D eigenvalue weighted by Gasteiger charge is -2.31. The predicted octanol–water partition coefficient (Wildman–Crippen LogP) is 4.24. The second-order valence-corrected chi connectivity index (χ2v) is 5.58. The molecule has 1 fully saturated rings. The normalized spacial score (nSPS) is 15.0. The van der Waals surface area contributed by atoms with Crippen LogP contribution in [0.3, 0.4) is 0 Å². The van der Waals surface area contributed by atoms with E-state index in [1.807, 2.05) is 0 Å². The molecule has 0 bridgehead atoms. The highest BCUT2D eigenvalue weighted by Crippen LogP contribution is 2.48. The summed E-state index contributed by atoms with van der Waals surface area (Å²) >= 11 is 0. The van der Waals surface area contributed by atoms with Crippen LogP contribution in [0.4, 0.5) is 24.5 Å². The Morgan fingerprint density at radius 3 is 2.31 bits per heavy atom. The van der Waals surface area contributed by atoms with Crippen LogP contribution in [0, 0.1) is 10.1 Å². The molecule has 1 aliphatic rings. The second kappa shape index (κ2) is 7.20. The van der Waals surface area contributed by atoms with E-state index in [4.69, 9.17) is 9.47 Å². The van der Waals surface area contributed by atoms with Crippen molar-refractivity contribution < 1.29 is 27.6 Å². The van der Waals surface area contributed by atoms with Gasteiger partial charge in [0.2, 0.25) is 0 Å². The van der Waals surface area contributed by atoms with Gasteiger partial charge in [0.1, 0.15) is 22.7 Å². The van der Waals surface area contributed by atoms with E-state index in [0.29, 0.717) is 0 Å². The number of rotatable bonds is 4. The van der Waals surface area contributed by atoms with Crippen LogP contribution < -0.4 is 9.64 Å². The molecule has 3 rings (SSSR count). The number of alkyl halides is 3. The van der Waals surface area contributed by atoms with Gasteiger partial charge in [-0.15, -0.1) is 0 Å². The van der Waals surface area contributed by atoms with Crippen molar-refractivity contribution in [2.75, 3.05) is 31.2 Å². The van der Waals surface area contributed by atoms with Crippen LogP contribution in [0.5, 0.6) is 11.5 Å². The summed E-state index contributed by atoms with van der Waals surface area (Å²) in [6.07, 6.45) is -4.83. The van der Waals surface area contributed by atoms with Crippen molar-refractivity contribution in [3.8, 4) is 11.5 Å². The van der Waals surface area contributed by atoms with Gasteiger partial charge in [-0.05, 0) is 18.2 Å². The molecule has 0 aliphatic carbocycles. The molecule has 0 aromatic heterocycles. The number of hydrogen-bond donors (Lipinski definition) is 0. The third kappa shape index (κ3) is 3.72. The Morgan fingerprint density at radius 2 is 1.73 bits per heavy atom. The third-order valence-electron chi connectivity index (χ3n) is 3.90. The second-order valence-electron chi connectivity index (χ2n) is 5.58. The summed E-state index contributed by atoms with van der Waals surface area (Å²) in [6, 6.07) is 9.99. The highest BCUT2D eigenvalue weighted by Gasteiger charge is 2.43. The van der Waals surface area contributed by atoms with Gasteiger partial charge >= 0.3 is 6.18 Å². The molecule has 1 aliphatic heterocycles. The maximum absolute atomic E-state index is 13.8. The van der Waals surface area contributed by atoms with Crippen molar-refractivity contribution in [2.45, 2.75) is 6.18 Å². The minimum Gasteiger partial charge on any atom is -0.457 e. The van der Waals surface area contributed by atoms with Crippen LogP contribution in [0.25, 0.3) is 0 Å². The molecule has 1 saturated heterocycles. The third-order valence-corrected chi connectivity index (χ3v) is 3.90. The topological polar surface area (TPSA) is 64.8 Å². The van der Waals surface area contributed by atoms with E-state index < -0.39 is 33.8 Å². The maximum Gasteiger partial charge on any atom is 0.422 e. The van der Waals surface area contributed by atoms with Crippen molar-refractivity contribution in [1.29, 1.82) is 0 Å². The molecule has 0 spiro atoms. The van der Waals surface area contributed by atoms with Crippen LogP contribution in [-0.2, 0) is 10.9 Å². The average molecular weight is 368 g/mol. The lowest BCUT2D eigenvalue weighted by molar-refractivity contribution is -0.384. The molecule has 0 unspecified atom stereocenters. The van der Waals surface area contributed by atoms with Crippen molar-refractivity contribution >= 4 is 11.4 Å². The minimum absolute atomic E-state index is 0.124. The summed E-state index contributed by atoms with van der Waals surface area (Å²) in [6.45, 7) is 0.633. The average Bonchev–Trinajstić information content (AvgIpc) is 2.61. The van der Waals surface area contributed by atoms with E-state index in [1.165, 1.54) is 17.0 Å². The van der Waals surface area contributed by atoms with Gasteiger partial charge < -0.3 is 14.4 Å². The largest absolute Gasteiger partial charge is 0.457 e. The quantitative estimate of drug-likeness (QED) is 0.597. The molecule has 6 nitrogen and oxygen atoms in total. The fourth-order valence-corrected chi connectivity index (χ4v) is 2.79. The first kappa shape index (κ1) is 18.0. The van der Waals surface area contributed by atoms with E-state index in [-0.39, 0.29) is 32.1 Å². The fraction of sp³-hybridized carbons (Fsp3) is 0.294. The molecule has 0 radical (unpaired) electrons. The molecule has 9 heteroatoms. The van der Waals surface area contributed by atoms with E-state index in [9.17, 15) is 23.3 Å². The summed E-state index contributed by atoms with van der Waals surface area (Å²) in [5.41, 5.74) is -2.25. The number of nitrogens with zero attached hydrogens (tertiary/aromatic N) is 2. The number of anilines is 1. The van der Waals surface area contributed by atoms with Gasteiger partial charge in [0.15, 0.2) is 0 Å². The molecule has 2 aromatic carbocycles. The Kier molecular flexibility index (Phi) is 4.99. The van der Waals surface area contributed by atoms with Gasteiger partial charge in [0, 0.05) is 19.2 Å². The summed E-state index contributed by atoms with van der Waals surface area (Å²) in [5, 5.41) is 11.4. The van der Waals surface area contributed by atoms with Crippen LogP contribution in [0.15, 0.2) is 42.5 Å². The molecular formula is C17H15F3N2O4. The number of nitro groups is 1. The Balaban J connectivity index is 2.17. The highest BCUT2D eigenvalue weighted by molar-refractivity contribution is 5.73. The molecule has 1 heterocycles. The first-order valence-corrected chi connectivity index (χ1v) is 7.82. The molecule has 26 heavy (non-hydrogen) atoms. The molecule has 0 atom stereocenters. The van der Waals surface area contributed by atoms with Crippen molar-refractivity contribution in [2.24, 2.45) is 0 Å². The van der Waals surface area contributed by atoms with Gasteiger partial charge in [-0.1, -0.05) is 18.2 Å². The minimum atomic E-state index is -4.83. The molecule has 0 saturated carbocycles. The molecule has 0 N–H and O–H groups in total. The van der Waals surface area contributed by atoms with Crippen LogP contribution in [-0.4, -0.2) is 31.2 Å². The number of nitro benzene ring substituents is 1. The lowest BCUT2D eigenvalue weighted by atomic mass is 10.1. The lowest BCUT2D eigenvalue weighted by Crippen LogP contribution is -2.38. The van der Waals surface area contributed by atoms with Crippen molar-refractivity contribution in [3.63, 3.8) is 0 Å². The van der Waals surface area contributed by atoms with E-state index in [0.717, 1.165) is 12.1 Å². The van der Waals surface area contributed by atoms with E-state index in [2.05, 4.69) is 0 Å². The fourth-order valence-electron chi connectivity index (χ4n) is 2.79. The molecule has 2 aromatic rings. The van der Waals surface area contributed by atoms with Crippen LogP contribution >= 0.6 is 0 Å². The number of halogens is 3. The van der Waals surface area contributed by atoms with Gasteiger partial charge in [-0.2, -0.15) is 13.2 Å². The van der Waals surface area contributed by atoms with Crippen molar-refractivity contribution in [3.05, 3.63) is 58.1 Å². The Hall–Kier alpha value is -2.81. The first-order valence-electron chi connectivity index (χ1n) is 7.82. The zero-order valence-electron chi connectivity index (χ0n) is 13.5. The number of hydrogen-bond acceptors (Lipinski definition) is 5. The van der Waals surface area contributed by atoms with E-state index in [1.54, 1.807) is 18.2 Å². The molecular weight excluding hydrogens is 353 g/mol. The number of morpholine rings is 1. The van der Waals surface area contributed by atoms with E-state index >= 15 is 0 Å². The predicted molar refractivity (Wildman–Crippen MR) is 87.6 cm³/mol. The molecule has 138 valence electrons. The summed E-state index contributed by atoms with van der Waals surface area (Å²) < 4.78 is 52.1.